The second-order valence-corrected chi connectivity index (χ2v) is 4.92. The lowest BCUT2D eigenvalue weighted by molar-refractivity contribution is 0.517. The summed E-state index contributed by atoms with van der Waals surface area (Å²) in [6.45, 7) is 0. The van der Waals surface area contributed by atoms with Crippen LogP contribution in [0.3, 0.4) is 0 Å². The summed E-state index contributed by atoms with van der Waals surface area (Å²) in [6, 6.07) is 10.9. The second-order valence-electron chi connectivity index (χ2n) is 3.98. The number of aliphatic hydroxyl groups excluding tert-OH is 1. The Morgan fingerprint density at radius 1 is 1.26 bits per heavy atom. The first kappa shape index (κ1) is 11.7. The minimum Gasteiger partial charge on any atom is -0.506 e. The third-order valence-electron chi connectivity index (χ3n) is 2.67. The number of H-pyrrole nitrogens is 1. The van der Waals surface area contributed by atoms with Crippen molar-refractivity contribution in [3.63, 3.8) is 0 Å². The van der Waals surface area contributed by atoms with Gasteiger partial charge < -0.3 is 10.1 Å². The molecule has 0 unspecified atom stereocenters. The Morgan fingerprint density at radius 3 is 2.89 bits per heavy atom. The molecule has 0 saturated carbocycles. The lowest BCUT2D eigenvalue weighted by atomic mass is 10.2. The quantitative estimate of drug-likeness (QED) is 0.703. The molecule has 0 amide bonds. The minimum absolute atomic E-state index is 0.0447. The standard InChI is InChI=1S/C14H10N2O2S/c17-12(13-6-3-7-19-13)8-11-14(18)16-10-5-2-1-4-9(10)15-11/h1-8,17H,(H,16,18). The number of nitrogens with zero attached hydrogens (tertiary/aromatic N) is 1. The van der Waals surface area contributed by atoms with Gasteiger partial charge in [0.15, 0.2) is 0 Å². The van der Waals surface area contributed by atoms with E-state index in [1.165, 1.54) is 17.4 Å². The molecule has 94 valence electrons. The zero-order valence-corrected chi connectivity index (χ0v) is 10.6. The lowest BCUT2D eigenvalue weighted by Crippen LogP contribution is -2.11. The van der Waals surface area contributed by atoms with E-state index in [1.54, 1.807) is 12.1 Å². The maximum absolute atomic E-state index is 11.9. The van der Waals surface area contributed by atoms with Crippen LogP contribution in [-0.4, -0.2) is 15.1 Å². The van der Waals surface area contributed by atoms with Gasteiger partial charge in [-0.1, -0.05) is 18.2 Å². The van der Waals surface area contributed by atoms with Crippen LogP contribution in [0, 0.1) is 0 Å². The Labute approximate surface area is 112 Å². The van der Waals surface area contributed by atoms with Crippen LogP contribution in [0.25, 0.3) is 22.9 Å². The van der Waals surface area contributed by atoms with Gasteiger partial charge in [0, 0.05) is 6.08 Å². The Balaban J connectivity index is 2.13. The zero-order valence-electron chi connectivity index (χ0n) is 9.83. The summed E-state index contributed by atoms with van der Waals surface area (Å²) in [5.74, 6) is 0.0447. The third-order valence-corrected chi connectivity index (χ3v) is 3.57. The smallest absolute Gasteiger partial charge is 0.274 e. The molecule has 19 heavy (non-hydrogen) atoms. The predicted molar refractivity (Wildman–Crippen MR) is 77.2 cm³/mol. The summed E-state index contributed by atoms with van der Waals surface area (Å²) in [7, 11) is 0. The fourth-order valence-corrected chi connectivity index (χ4v) is 2.41. The molecule has 0 aliphatic heterocycles. The molecule has 4 nitrogen and oxygen atoms in total. The average molecular weight is 270 g/mol. The molecule has 0 atom stereocenters. The van der Waals surface area contributed by atoms with Crippen LogP contribution >= 0.6 is 11.3 Å². The van der Waals surface area contributed by atoms with E-state index in [-0.39, 0.29) is 17.0 Å². The summed E-state index contributed by atoms with van der Waals surface area (Å²) >= 11 is 1.40. The first-order valence-electron chi connectivity index (χ1n) is 5.67. The van der Waals surface area contributed by atoms with Gasteiger partial charge in [0.1, 0.15) is 11.5 Å². The van der Waals surface area contributed by atoms with Crippen LogP contribution in [-0.2, 0) is 0 Å². The second kappa shape index (κ2) is 4.70. The Morgan fingerprint density at radius 2 is 2.11 bits per heavy atom. The van der Waals surface area contributed by atoms with Gasteiger partial charge in [0.25, 0.3) is 5.56 Å². The highest BCUT2D eigenvalue weighted by atomic mass is 32.1. The van der Waals surface area contributed by atoms with Gasteiger partial charge in [0.2, 0.25) is 0 Å². The van der Waals surface area contributed by atoms with E-state index in [2.05, 4.69) is 9.97 Å². The lowest BCUT2D eigenvalue weighted by Gasteiger charge is -1.99. The number of fused-ring (bicyclic) bond motifs is 1. The number of aromatic nitrogens is 2. The van der Waals surface area contributed by atoms with E-state index in [4.69, 9.17) is 0 Å². The van der Waals surface area contributed by atoms with Crippen molar-refractivity contribution in [1.82, 2.24) is 9.97 Å². The number of hydrogen-bond donors (Lipinski definition) is 2. The molecular weight excluding hydrogens is 260 g/mol. The molecule has 0 saturated heterocycles. The number of aromatic amines is 1. The summed E-state index contributed by atoms with van der Waals surface area (Å²) in [4.78, 5) is 19.6. The van der Waals surface area contributed by atoms with E-state index in [1.807, 2.05) is 29.6 Å². The summed E-state index contributed by atoms with van der Waals surface area (Å²) in [5, 5.41) is 11.8. The summed E-state index contributed by atoms with van der Waals surface area (Å²) in [5.41, 5.74) is 1.25. The summed E-state index contributed by atoms with van der Waals surface area (Å²) in [6.07, 6.45) is 1.39. The number of benzene rings is 1. The molecule has 0 aliphatic carbocycles. The van der Waals surface area contributed by atoms with E-state index in [9.17, 15) is 9.90 Å². The van der Waals surface area contributed by atoms with Crippen molar-refractivity contribution >= 4 is 34.2 Å². The maximum Gasteiger partial charge on any atom is 0.274 e. The molecule has 0 aliphatic rings. The monoisotopic (exact) mass is 270 g/mol. The van der Waals surface area contributed by atoms with Crippen LogP contribution in [0.1, 0.15) is 10.6 Å². The van der Waals surface area contributed by atoms with E-state index in [0.29, 0.717) is 15.9 Å². The Hall–Kier alpha value is -2.40. The molecule has 2 aromatic heterocycles. The van der Waals surface area contributed by atoms with Crippen molar-refractivity contribution in [2.45, 2.75) is 0 Å². The van der Waals surface area contributed by atoms with Crippen molar-refractivity contribution in [3.05, 3.63) is 62.7 Å². The first-order chi connectivity index (χ1) is 9.24. The SMILES string of the molecule is O=c1[nH]c2ccccc2nc1C=C(O)c1cccs1. The van der Waals surface area contributed by atoms with Crippen LogP contribution in [0.5, 0.6) is 0 Å². The molecule has 5 heteroatoms. The van der Waals surface area contributed by atoms with Gasteiger partial charge in [-0.3, -0.25) is 4.79 Å². The van der Waals surface area contributed by atoms with Gasteiger partial charge >= 0.3 is 0 Å². The van der Waals surface area contributed by atoms with Crippen molar-refractivity contribution in [2.24, 2.45) is 0 Å². The number of aliphatic hydroxyl groups is 1. The molecular formula is C14H10N2O2S. The number of hydrogen-bond acceptors (Lipinski definition) is 4. The fraction of sp³-hybridized carbons (Fsp3) is 0. The molecule has 2 N–H and O–H groups in total. The van der Waals surface area contributed by atoms with Gasteiger partial charge in [-0.15, -0.1) is 11.3 Å². The molecule has 0 radical (unpaired) electrons. The summed E-state index contributed by atoms with van der Waals surface area (Å²) < 4.78 is 0. The molecule has 1 aromatic carbocycles. The predicted octanol–water partition coefficient (Wildman–Crippen LogP) is 3.04. The number of nitrogens with one attached hydrogen (secondary N) is 1. The Kier molecular flexibility index (Phi) is 2.89. The van der Waals surface area contributed by atoms with Crippen LogP contribution in [0.2, 0.25) is 0 Å². The van der Waals surface area contributed by atoms with Crippen molar-refractivity contribution in [3.8, 4) is 0 Å². The molecule has 0 bridgehead atoms. The molecule has 0 spiro atoms. The molecule has 0 fully saturated rings. The molecule has 2 heterocycles. The van der Waals surface area contributed by atoms with Crippen LogP contribution < -0.4 is 5.56 Å². The first-order valence-corrected chi connectivity index (χ1v) is 6.55. The normalized spacial score (nSPS) is 11.9. The zero-order chi connectivity index (χ0) is 13.2. The minimum atomic E-state index is -0.318. The molecule has 3 rings (SSSR count). The largest absolute Gasteiger partial charge is 0.506 e. The highest BCUT2D eigenvalue weighted by molar-refractivity contribution is 7.11. The van der Waals surface area contributed by atoms with Crippen LogP contribution in [0.15, 0.2) is 46.6 Å². The highest BCUT2D eigenvalue weighted by Gasteiger charge is 2.05. The van der Waals surface area contributed by atoms with Gasteiger partial charge in [0.05, 0.1) is 15.9 Å². The van der Waals surface area contributed by atoms with Gasteiger partial charge in [-0.25, -0.2) is 4.98 Å². The fourth-order valence-electron chi connectivity index (χ4n) is 1.77. The van der Waals surface area contributed by atoms with E-state index >= 15 is 0 Å². The van der Waals surface area contributed by atoms with Gasteiger partial charge in [-0.05, 0) is 23.6 Å². The van der Waals surface area contributed by atoms with E-state index < -0.39 is 0 Å². The van der Waals surface area contributed by atoms with E-state index in [0.717, 1.165) is 0 Å². The maximum atomic E-state index is 11.9. The number of para-hydroxylation sites is 2. The third kappa shape index (κ3) is 2.28. The van der Waals surface area contributed by atoms with Gasteiger partial charge in [-0.2, -0.15) is 0 Å². The molecule has 3 aromatic rings. The number of thiophene rings is 1. The number of rotatable bonds is 2. The van der Waals surface area contributed by atoms with Crippen molar-refractivity contribution in [2.75, 3.05) is 0 Å². The van der Waals surface area contributed by atoms with Crippen molar-refractivity contribution < 1.29 is 5.11 Å². The average Bonchev–Trinajstić information content (AvgIpc) is 2.93. The van der Waals surface area contributed by atoms with Crippen LogP contribution in [0.4, 0.5) is 0 Å². The van der Waals surface area contributed by atoms with Crippen molar-refractivity contribution in [1.29, 1.82) is 0 Å². The highest BCUT2D eigenvalue weighted by Crippen LogP contribution is 2.19. The topological polar surface area (TPSA) is 66.0 Å². The Bertz CT molecular complexity index is 804.